The van der Waals surface area contributed by atoms with Gasteiger partial charge in [-0.05, 0) is 28.1 Å². The SMILES string of the molecule is C=COc1ccc(F)c(Br)c1C=O. The van der Waals surface area contributed by atoms with Gasteiger partial charge < -0.3 is 4.74 Å². The first-order chi connectivity index (χ1) is 6.20. The van der Waals surface area contributed by atoms with Crippen LogP contribution in [0.3, 0.4) is 0 Å². The lowest BCUT2D eigenvalue weighted by Gasteiger charge is -2.05. The third-order valence-corrected chi connectivity index (χ3v) is 2.23. The molecular formula is C9H6BrFO2. The van der Waals surface area contributed by atoms with E-state index in [1.807, 2.05) is 0 Å². The molecule has 68 valence electrons. The van der Waals surface area contributed by atoms with Crippen LogP contribution in [0.1, 0.15) is 10.4 Å². The van der Waals surface area contributed by atoms with Crippen molar-refractivity contribution in [1.29, 1.82) is 0 Å². The third-order valence-electron chi connectivity index (χ3n) is 1.42. The van der Waals surface area contributed by atoms with Gasteiger partial charge in [0.25, 0.3) is 0 Å². The molecule has 0 bridgehead atoms. The molecular weight excluding hydrogens is 239 g/mol. The van der Waals surface area contributed by atoms with E-state index in [0.717, 1.165) is 0 Å². The molecule has 13 heavy (non-hydrogen) atoms. The van der Waals surface area contributed by atoms with Crippen molar-refractivity contribution in [2.45, 2.75) is 0 Å². The number of carbonyl (C=O) groups excluding carboxylic acids is 1. The van der Waals surface area contributed by atoms with Crippen molar-refractivity contribution in [3.05, 3.63) is 40.8 Å². The second kappa shape index (κ2) is 4.18. The molecule has 0 aliphatic rings. The average molecular weight is 245 g/mol. The normalized spacial score (nSPS) is 9.38. The lowest BCUT2D eigenvalue weighted by atomic mass is 10.2. The molecule has 1 aromatic rings. The first kappa shape index (κ1) is 9.92. The van der Waals surface area contributed by atoms with Crippen LogP contribution < -0.4 is 4.74 Å². The van der Waals surface area contributed by atoms with Gasteiger partial charge in [0.1, 0.15) is 11.6 Å². The Hall–Kier alpha value is -1.16. The zero-order valence-electron chi connectivity index (χ0n) is 6.59. The van der Waals surface area contributed by atoms with Crippen LogP contribution in [0.4, 0.5) is 4.39 Å². The Balaban J connectivity index is 3.28. The summed E-state index contributed by atoms with van der Waals surface area (Å²) in [6.45, 7) is 3.34. The van der Waals surface area contributed by atoms with Crippen molar-refractivity contribution >= 4 is 22.2 Å². The summed E-state index contributed by atoms with van der Waals surface area (Å²) in [5.74, 6) is -0.225. The van der Waals surface area contributed by atoms with Crippen LogP contribution in [0, 0.1) is 5.82 Å². The van der Waals surface area contributed by atoms with Crippen LogP contribution in [0.25, 0.3) is 0 Å². The van der Waals surface area contributed by atoms with Gasteiger partial charge in [-0.2, -0.15) is 0 Å². The zero-order valence-corrected chi connectivity index (χ0v) is 8.17. The van der Waals surface area contributed by atoms with E-state index in [1.165, 1.54) is 18.4 Å². The summed E-state index contributed by atoms with van der Waals surface area (Å²) < 4.78 is 17.9. The zero-order chi connectivity index (χ0) is 9.84. The largest absolute Gasteiger partial charge is 0.465 e. The van der Waals surface area contributed by atoms with Crippen molar-refractivity contribution < 1.29 is 13.9 Å². The molecule has 0 amide bonds. The average Bonchev–Trinajstić information content (AvgIpc) is 2.12. The summed E-state index contributed by atoms with van der Waals surface area (Å²) in [4.78, 5) is 10.6. The fourth-order valence-corrected chi connectivity index (χ4v) is 1.27. The van der Waals surface area contributed by atoms with Crippen molar-refractivity contribution in [2.24, 2.45) is 0 Å². The Kier molecular flexibility index (Phi) is 3.19. The van der Waals surface area contributed by atoms with Crippen LogP contribution in [-0.4, -0.2) is 6.29 Å². The van der Waals surface area contributed by atoms with Gasteiger partial charge in [0.15, 0.2) is 6.29 Å². The Morgan fingerprint density at radius 2 is 2.23 bits per heavy atom. The number of carbonyl (C=O) groups is 1. The molecule has 2 nitrogen and oxygen atoms in total. The van der Waals surface area contributed by atoms with Gasteiger partial charge in [-0.25, -0.2) is 4.39 Å². The molecule has 1 aromatic carbocycles. The number of rotatable bonds is 3. The fraction of sp³-hybridized carbons (Fsp3) is 0. The molecule has 0 N–H and O–H groups in total. The number of hydrogen-bond acceptors (Lipinski definition) is 2. The molecule has 4 heteroatoms. The molecule has 0 radical (unpaired) electrons. The van der Waals surface area contributed by atoms with Crippen molar-refractivity contribution in [1.82, 2.24) is 0 Å². The molecule has 0 spiro atoms. The second-order valence-corrected chi connectivity index (χ2v) is 2.97. The fourth-order valence-electron chi connectivity index (χ4n) is 0.851. The van der Waals surface area contributed by atoms with Gasteiger partial charge in [-0.3, -0.25) is 4.79 Å². The predicted octanol–water partition coefficient (Wildman–Crippen LogP) is 2.92. The minimum atomic E-state index is -0.501. The predicted molar refractivity (Wildman–Crippen MR) is 50.3 cm³/mol. The molecule has 0 heterocycles. The van der Waals surface area contributed by atoms with E-state index in [2.05, 4.69) is 22.5 Å². The number of hydrogen-bond donors (Lipinski definition) is 0. The number of halogens is 2. The standard InChI is InChI=1S/C9H6BrFO2/c1-2-13-8-4-3-7(11)9(10)6(8)5-12/h2-5H,1H2. The molecule has 1 rings (SSSR count). The minimum absolute atomic E-state index is 0.0989. The summed E-state index contributed by atoms with van der Waals surface area (Å²) >= 11 is 2.94. The van der Waals surface area contributed by atoms with Gasteiger partial charge >= 0.3 is 0 Å². The van der Waals surface area contributed by atoms with E-state index < -0.39 is 5.82 Å². The topological polar surface area (TPSA) is 26.3 Å². The van der Waals surface area contributed by atoms with Crippen LogP contribution in [0.2, 0.25) is 0 Å². The number of benzene rings is 1. The highest BCUT2D eigenvalue weighted by molar-refractivity contribution is 9.10. The van der Waals surface area contributed by atoms with Gasteiger partial charge in [-0.15, -0.1) is 0 Å². The molecule has 0 atom stereocenters. The molecule has 0 aliphatic carbocycles. The lowest BCUT2D eigenvalue weighted by Crippen LogP contribution is -1.92. The van der Waals surface area contributed by atoms with Crippen LogP contribution in [0.15, 0.2) is 29.4 Å². The first-order valence-electron chi connectivity index (χ1n) is 3.41. The van der Waals surface area contributed by atoms with Gasteiger partial charge in [0.05, 0.1) is 16.3 Å². The van der Waals surface area contributed by atoms with E-state index in [9.17, 15) is 9.18 Å². The summed E-state index contributed by atoms with van der Waals surface area (Å²) in [5, 5.41) is 0. The van der Waals surface area contributed by atoms with Crippen LogP contribution >= 0.6 is 15.9 Å². The summed E-state index contributed by atoms with van der Waals surface area (Å²) in [7, 11) is 0. The van der Waals surface area contributed by atoms with E-state index in [-0.39, 0.29) is 15.8 Å². The summed E-state index contributed by atoms with van der Waals surface area (Å²) in [5.41, 5.74) is 0.139. The summed E-state index contributed by atoms with van der Waals surface area (Å²) in [6, 6.07) is 2.57. The van der Waals surface area contributed by atoms with E-state index in [4.69, 9.17) is 4.74 Å². The highest BCUT2D eigenvalue weighted by Crippen LogP contribution is 2.27. The molecule has 0 saturated carbocycles. The Labute approximate surface area is 83.1 Å². The highest BCUT2D eigenvalue weighted by atomic mass is 79.9. The quantitative estimate of drug-likeness (QED) is 0.604. The number of aldehydes is 1. The lowest BCUT2D eigenvalue weighted by molar-refractivity contribution is 0.112. The highest BCUT2D eigenvalue weighted by Gasteiger charge is 2.10. The molecule has 0 fully saturated rings. The maximum absolute atomic E-state index is 12.9. The van der Waals surface area contributed by atoms with Crippen LogP contribution in [0.5, 0.6) is 5.75 Å². The first-order valence-corrected chi connectivity index (χ1v) is 4.20. The monoisotopic (exact) mass is 244 g/mol. The van der Waals surface area contributed by atoms with Crippen molar-refractivity contribution in [3.8, 4) is 5.75 Å². The van der Waals surface area contributed by atoms with Crippen LogP contribution in [-0.2, 0) is 0 Å². The maximum atomic E-state index is 12.9. The van der Waals surface area contributed by atoms with Gasteiger partial charge in [0, 0.05) is 0 Å². The number of ether oxygens (including phenoxy) is 1. The van der Waals surface area contributed by atoms with Gasteiger partial charge in [0.2, 0.25) is 0 Å². The van der Waals surface area contributed by atoms with E-state index in [0.29, 0.717) is 6.29 Å². The minimum Gasteiger partial charge on any atom is -0.465 e. The Morgan fingerprint density at radius 1 is 1.54 bits per heavy atom. The van der Waals surface area contributed by atoms with Crippen molar-refractivity contribution in [3.63, 3.8) is 0 Å². The molecule has 0 aromatic heterocycles. The maximum Gasteiger partial charge on any atom is 0.155 e. The molecule has 0 unspecified atom stereocenters. The third kappa shape index (κ3) is 1.95. The van der Waals surface area contributed by atoms with Crippen molar-refractivity contribution in [2.75, 3.05) is 0 Å². The second-order valence-electron chi connectivity index (χ2n) is 2.18. The van der Waals surface area contributed by atoms with E-state index >= 15 is 0 Å². The van der Waals surface area contributed by atoms with Gasteiger partial charge in [-0.1, -0.05) is 6.58 Å². The summed E-state index contributed by atoms with van der Waals surface area (Å²) in [6.07, 6.45) is 1.69. The smallest absolute Gasteiger partial charge is 0.155 e. The molecule has 0 saturated heterocycles. The molecule has 0 aliphatic heterocycles. The van der Waals surface area contributed by atoms with E-state index in [1.54, 1.807) is 0 Å². The Morgan fingerprint density at radius 3 is 2.77 bits per heavy atom. The Bertz CT molecular complexity index is 350.